The second kappa shape index (κ2) is 6.09. The predicted octanol–water partition coefficient (Wildman–Crippen LogP) is 4.19. The summed E-state index contributed by atoms with van der Waals surface area (Å²) in [5.74, 6) is -1.41. The summed E-state index contributed by atoms with van der Waals surface area (Å²) in [6.45, 7) is 1.78. The van der Waals surface area contributed by atoms with Crippen LogP contribution < -0.4 is 4.74 Å². The molecule has 0 saturated heterocycles. The lowest BCUT2D eigenvalue weighted by Gasteiger charge is -2.16. The quantitative estimate of drug-likeness (QED) is 0.921. The van der Waals surface area contributed by atoms with Crippen LogP contribution in [0.5, 0.6) is 5.75 Å². The van der Waals surface area contributed by atoms with Crippen molar-refractivity contribution in [3.8, 4) is 16.9 Å². The third-order valence-corrected chi connectivity index (χ3v) is 3.01. The highest BCUT2D eigenvalue weighted by atomic mass is 19.4. The zero-order valence-electron chi connectivity index (χ0n) is 11.6. The molecule has 0 unspecified atom stereocenters. The molecule has 3 nitrogen and oxygen atoms in total. The van der Waals surface area contributed by atoms with Crippen LogP contribution in [0, 0.1) is 6.92 Å². The van der Waals surface area contributed by atoms with Crippen LogP contribution in [0.4, 0.5) is 13.2 Å². The van der Waals surface area contributed by atoms with Crippen LogP contribution in [-0.4, -0.2) is 17.4 Å². The number of carboxylic acids is 1. The van der Waals surface area contributed by atoms with Crippen LogP contribution in [0.2, 0.25) is 0 Å². The van der Waals surface area contributed by atoms with Gasteiger partial charge in [-0.05, 0) is 24.1 Å². The molecule has 0 spiro atoms. The van der Waals surface area contributed by atoms with Gasteiger partial charge in [-0.1, -0.05) is 42.0 Å². The number of carbonyl (C=O) groups is 1. The smallest absolute Gasteiger partial charge is 0.481 e. The number of hydrogen-bond acceptors (Lipinski definition) is 2. The van der Waals surface area contributed by atoms with E-state index in [9.17, 15) is 18.0 Å². The molecule has 116 valence electrons. The maximum atomic E-state index is 12.5. The first-order valence-electron chi connectivity index (χ1n) is 6.43. The Balaban J connectivity index is 2.56. The van der Waals surface area contributed by atoms with Gasteiger partial charge in [0.25, 0.3) is 0 Å². The summed E-state index contributed by atoms with van der Waals surface area (Å²) in [4.78, 5) is 10.9. The minimum Gasteiger partial charge on any atom is -0.481 e. The Labute approximate surface area is 125 Å². The molecule has 0 radical (unpaired) electrons. The van der Waals surface area contributed by atoms with Crippen molar-refractivity contribution in [1.29, 1.82) is 0 Å². The molecule has 22 heavy (non-hydrogen) atoms. The van der Waals surface area contributed by atoms with E-state index in [2.05, 4.69) is 4.74 Å². The standard InChI is InChI=1S/C16H13F3O3/c1-10-6-7-11(9-15(20)21)13(8-10)12-4-2-3-5-14(12)22-16(17,18)19/h2-8H,9H2,1H3,(H,20,21). The van der Waals surface area contributed by atoms with Gasteiger partial charge in [-0.15, -0.1) is 13.2 Å². The van der Waals surface area contributed by atoms with Crippen LogP contribution in [0.15, 0.2) is 42.5 Å². The molecule has 0 fully saturated rings. The summed E-state index contributed by atoms with van der Waals surface area (Å²) >= 11 is 0. The fourth-order valence-corrected chi connectivity index (χ4v) is 2.16. The first kappa shape index (κ1) is 15.9. The molecular weight excluding hydrogens is 297 g/mol. The van der Waals surface area contributed by atoms with Gasteiger partial charge in [-0.25, -0.2) is 0 Å². The molecular formula is C16H13F3O3. The molecule has 6 heteroatoms. The van der Waals surface area contributed by atoms with Crippen molar-refractivity contribution < 1.29 is 27.8 Å². The Morgan fingerprint density at radius 2 is 1.82 bits per heavy atom. The maximum Gasteiger partial charge on any atom is 0.573 e. The van der Waals surface area contributed by atoms with E-state index in [1.54, 1.807) is 31.2 Å². The summed E-state index contributed by atoms with van der Waals surface area (Å²) in [5, 5.41) is 8.95. The SMILES string of the molecule is Cc1ccc(CC(=O)O)c(-c2ccccc2OC(F)(F)F)c1. The van der Waals surface area contributed by atoms with Gasteiger partial charge in [-0.3, -0.25) is 4.79 Å². The Bertz CT molecular complexity index is 693. The molecule has 0 aliphatic rings. The topological polar surface area (TPSA) is 46.5 Å². The number of aryl methyl sites for hydroxylation is 1. The molecule has 2 aromatic carbocycles. The zero-order chi connectivity index (χ0) is 16.3. The van der Waals surface area contributed by atoms with E-state index < -0.39 is 12.3 Å². The van der Waals surface area contributed by atoms with Crippen LogP contribution in [0.1, 0.15) is 11.1 Å². The minimum absolute atomic E-state index is 0.208. The molecule has 0 aliphatic heterocycles. The monoisotopic (exact) mass is 310 g/mol. The number of para-hydroxylation sites is 1. The average molecular weight is 310 g/mol. The average Bonchev–Trinajstić information content (AvgIpc) is 2.39. The second-order valence-corrected chi connectivity index (χ2v) is 4.78. The normalized spacial score (nSPS) is 11.3. The van der Waals surface area contributed by atoms with Crippen LogP contribution in [0.3, 0.4) is 0 Å². The summed E-state index contributed by atoms with van der Waals surface area (Å²) in [5.41, 5.74) is 1.87. The van der Waals surface area contributed by atoms with E-state index in [0.717, 1.165) is 5.56 Å². The van der Waals surface area contributed by atoms with Crippen molar-refractivity contribution in [1.82, 2.24) is 0 Å². The summed E-state index contributed by atoms with van der Waals surface area (Å²) in [6.07, 6.45) is -5.09. The van der Waals surface area contributed by atoms with Gasteiger partial charge in [0, 0.05) is 5.56 Å². The molecule has 0 aromatic heterocycles. The van der Waals surface area contributed by atoms with E-state index in [4.69, 9.17) is 5.11 Å². The number of aliphatic carboxylic acids is 1. The molecule has 1 N–H and O–H groups in total. The molecule has 0 atom stereocenters. The van der Waals surface area contributed by atoms with E-state index in [-0.39, 0.29) is 17.7 Å². The van der Waals surface area contributed by atoms with E-state index >= 15 is 0 Å². The predicted molar refractivity (Wildman–Crippen MR) is 74.6 cm³/mol. The Morgan fingerprint density at radius 1 is 1.14 bits per heavy atom. The summed E-state index contributed by atoms with van der Waals surface area (Å²) in [7, 11) is 0. The van der Waals surface area contributed by atoms with Crippen molar-refractivity contribution in [3.63, 3.8) is 0 Å². The van der Waals surface area contributed by atoms with E-state index in [1.165, 1.54) is 18.2 Å². The van der Waals surface area contributed by atoms with Crippen LogP contribution >= 0.6 is 0 Å². The van der Waals surface area contributed by atoms with Gasteiger partial charge in [-0.2, -0.15) is 0 Å². The Kier molecular flexibility index (Phi) is 4.40. The number of alkyl halides is 3. The highest BCUT2D eigenvalue weighted by Crippen LogP contribution is 2.36. The number of carboxylic acid groups (broad SMARTS) is 1. The van der Waals surface area contributed by atoms with Gasteiger partial charge in [0.2, 0.25) is 0 Å². The number of hydrogen-bond donors (Lipinski definition) is 1. The van der Waals surface area contributed by atoms with Crippen molar-refractivity contribution >= 4 is 5.97 Å². The van der Waals surface area contributed by atoms with E-state index in [0.29, 0.717) is 11.1 Å². The first-order chi connectivity index (χ1) is 10.3. The molecule has 0 aliphatic carbocycles. The third kappa shape index (κ3) is 4.00. The van der Waals surface area contributed by atoms with Gasteiger partial charge < -0.3 is 9.84 Å². The van der Waals surface area contributed by atoms with Crippen LogP contribution in [0.25, 0.3) is 11.1 Å². The molecule has 0 amide bonds. The molecule has 0 saturated carbocycles. The third-order valence-electron chi connectivity index (χ3n) is 3.01. The lowest BCUT2D eigenvalue weighted by molar-refractivity contribution is -0.274. The Hall–Kier alpha value is -2.50. The summed E-state index contributed by atoms with van der Waals surface area (Å²) in [6, 6.07) is 10.6. The van der Waals surface area contributed by atoms with Crippen molar-refractivity contribution in [3.05, 3.63) is 53.6 Å². The van der Waals surface area contributed by atoms with Gasteiger partial charge in [0.15, 0.2) is 0 Å². The molecule has 0 heterocycles. The number of rotatable bonds is 4. The van der Waals surface area contributed by atoms with Gasteiger partial charge >= 0.3 is 12.3 Å². The fraction of sp³-hybridized carbons (Fsp3) is 0.188. The highest BCUT2D eigenvalue weighted by molar-refractivity contribution is 5.79. The highest BCUT2D eigenvalue weighted by Gasteiger charge is 2.32. The minimum atomic E-state index is -4.81. The molecule has 0 bridgehead atoms. The molecule has 2 rings (SSSR count). The summed E-state index contributed by atoms with van der Waals surface area (Å²) < 4.78 is 41.6. The van der Waals surface area contributed by atoms with Gasteiger partial charge in [0.05, 0.1) is 6.42 Å². The fourth-order valence-electron chi connectivity index (χ4n) is 2.16. The van der Waals surface area contributed by atoms with Gasteiger partial charge in [0.1, 0.15) is 5.75 Å². The van der Waals surface area contributed by atoms with E-state index in [1.807, 2.05) is 0 Å². The number of halogens is 3. The lowest BCUT2D eigenvalue weighted by Crippen LogP contribution is -2.17. The lowest BCUT2D eigenvalue weighted by atomic mass is 9.95. The number of ether oxygens (including phenoxy) is 1. The second-order valence-electron chi connectivity index (χ2n) is 4.78. The van der Waals surface area contributed by atoms with Crippen LogP contribution in [-0.2, 0) is 11.2 Å². The van der Waals surface area contributed by atoms with Crippen molar-refractivity contribution in [2.75, 3.05) is 0 Å². The Morgan fingerprint density at radius 3 is 2.45 bits per heavy atom. The molecule has 2 aromatic rings. The zero-order valence-corrected chi connectivity index (χ0v) is 11.6. The largest absolute Gasteiger partial charge is 0.573 e. The van der Waals surface area contributed by atoms with Crippen molar-refractivity contribution in [2.45, 2.75) is 19.7 Å². The number of benzene rings is 2. The maximum absolute atomic E-state index is 12.5. The van der Waals surface area contributed by atoms with Crippen molar-refractivity contribution in [2.24, 2.45) is 0 Å². The first-order valence-corrected chi connectivity index (χ1v) is 6.43.